The van der Waals surface area contributed by atoms with E-state index in [1.807, 2.05) is 4.90 Å². The first-order valence-corrected chi connectivity index (χ1v) is 8.55. The summed E-state index contributed by atoms with van der Waals surface area (Å²) in [4.78, 5) is 16.7. The first-order chi connectivity index (χ1) is 12.0. The number of carbonyl (C=O) groups is 1. The van der Waals surface area contributed by atoms with Gasteiger partial charge in [-0.2, -0.15) is 0 Å². The number of halogens is 1. The Morgan fingerprint density at radius 1 is 1.08 bits per heavy atom. The van der Waals surface area contributed by atoms with Gasteiger partial charge in [0.2, 0.25) is 0 Å². The number of aryl methyl sites for hydroxylation is 1. The Morgan fingerprint density at radius 2 is 1.76 bits per heavy atom. The lowest BCUT2D eigenvalue weighted by Gasteiger charge is -2.37. The van der Waals surface area contributed by atoms with Crippen molar-refractivity contribution in [2.75, 3.05) is 31.1 Å². The summed E-state index contributed by atoms with van der Waals surface area (Å²) in [6.45, 7) is 6.76. The first kappa shape index (κ1) is 17.3. The highest BCUT2D eigenvalue weighted by Gasteiger charge is 2.26. The number of hydrogen-bond donors (Lipinski definition) is 0. The first-order valence-electron chi connectivity index (χ1n) is 8.55. The summed E-state index contributed by atoms with van der Waals surface area (Å²) in [7, 11) is 0. The average molecular weight is 342 g/mol. The molecule has 3 rings (SSSR count). The number of benzene rings is 2. The van der Waals surface area contributed by atoms with E-state index in [2.05, 4.69) is 36.1 Å². The number of carbonyl (C=O) groups excluding carboxylic acids is 1. The predicted molar refractivity (Wildman–Crippen MR) is 96.5 cm³/mol. The van der Waals surface area contributed by atoms with Gasteiger partial charge in [0.25, 0.3) is 5.91 Å². The molecule has 1 aliphatic heterocycles. The number of amides is 1. The lowest BCUT2D eigenvalue weighted by molar-refractivity contribution is -0.138. The minimum Gasteiger partial charge on any atom is -0.481 e. The Morgan fingerprint density at radius 3 is 2.40 bits per heavy atom. The van der Waals surface area contributed by atoms with Crippen LogP contribution in [0.3, 0.4) is 0 Å². The highest BCUT2D eigenvalue weighted by Crippen LogP contribution is 2.19. The SMILES string of the molecule is Cc1cccc(N2CCN(C(=O)[C@@H](C)Oc3ccc(F)cc3)CC2)c1. The molecule has 1 heterocycles. The highest BCUT2D eigenvalue weighted by atomic mass is 19.1. The van der Waals surface area contributed by atoms with Crippen molar-refractivity contribution in [2.45, 2.75) is 20.0 Å². The van der Waals surface area contributed by atoms with Crippen molar-refractivity contribution in [3.63, 3.8) is 0 Å². The number of anilines is 1. The number of piperazine rings is 1. The summed E-state index contributed by atoms with van der Waals surface area (Å²) in [5.74, 6) is 0.146. The summed E-state index contributed by atoms with van der Waals surface area (Å²) in [6.07, 6.45) is -0.587. The van der Waals surface area contributed by atoms with Crippen LogP contribution in [0.25, 0.3) is 0 Å². The molecule has 0 spiro atoms. The Kier molecular flexibility index (Phi) is 5.22. The maximum Gasteiger partial charge on any atom is 0.263 e. The van der Waals surface area contributed by atoms with Crippen molar-refractivity contribution < 1.29 is 13.9 Å². The number of ether oxygens (including phenoxy) is 1. The molecule has 1 atom stereocenters. The normalized spacial score (nSPS) is 15.8. The molecule has 1 fully saturated rings. The summed E-state index contributed by atoms with van der Waals surface area (Å²) < 4.78 is 18.6. The molecule has 1 aliphatic rings. The van der Waals surface area contributed by atoms with E-state index < -0.39 is 6.10 Å². The van der Waals surface area contributed by atoms with Crippen LogP contribution in [0.2, 0.25) is 0 Å². The van der Waals surface area contributed by atoms with E-state index in [0.717, 1.165) is 13.1 Å². The smallest absolute Gasteiger partial charge is 0.263 e. The molecule has 4 nitrogen and oxygen atoms in total. The van der Waals surface area contributed by atoms with Crippen LogP contribution in [0.5, 0.6) is 5.75 Å². The summed E-state index contributed by atoms with van der Waals surface area (Å²) >= 11 is 0. The molecule has 0 saturated carbocycles. The molecule has 1 saturated heterocycles. The van der Waals surface area contributed by atoms with E-state index in [9.17, 15) is 9.18 Å². The second-order valence-corrected chi connectivity index (χ2v) is 6.37. The molecule has 132 valence electrons. The lowest BCUT2D eigenvalue weighted by atomic mass is 10.2. The Hall–Kier alpha value is -2.56. The van der Waals surface area contributed by atoms with Crippen LogP contribution in [0.4, 0.5) is 10.1 Å². The minimum absolute atomic E-state index is 0.0341. The second kappa shape index (κ2) is 7.55. The van der Waals surface area contributed by atoms with Gasteiger partial charge in [-0.15, -0.1) is 0 Å². The molecule has 25 heavy (non-hydrogen) atoms. The second-order valence-electron chi connectivity index (χ2n) is 6.37. The van der Waals surface area contributed by atoms with Crippen molar-refractivity contribution in [1.82, 2.24) is 4.90 Å². The Labute approximate surface area is 147 Å². The van der Waals surface area contributed by atoms with Gasteiger partial charge in [0, 0.05) is 31.9 Å². The molecule has 0 unspecified atom stereocenters. The monoisotopic (exact) mass is 342 g/mol. The summed E-state index contributed by atoms with van der Waals surface area (Å²) in [5.41, 5.74) is 2.43. The van der Waals surface area contributed by atoms with E-state index in [0.29, 0.717) is 18.8 Å². The fraction of sp³-hybridized carbons (Fsp3) is 0.350. The van der Waals surface area contributed by atoms with Gasteiger partial charge in [-0.05, 0) is 55.8 Å². The van der Waals surface area contributed by atoms with Gasteiger partial charge in [-0.3, -0.25) is 4.79 Å². The van der Waals surface area contributed by atoms with Crippen molar-refractivity contribution in [3.05, 3.63) is 59.9 Å². The van der Waals surface area contributed by atoms with Crippen molar-refractivity contribution >= 4 is 11.6 Å². The quantitative estimate of drug-likeness (QED) is 0.855. The zero-order valence-corrected chi connectivity index (χ0v) is 14.6. The topological polar surface area (TPSA) is 32.8 Å². The van der Waals surface area contributed by atoms with Crippen LogP contribution < -0.4 is 9.64 Å². The number of hydrogen-bond acceptors (Lipinski definition) is 3. The van der Waals surface area contributed by atoms with E-state index in [1.165, 1.54) is 35.5 Å². The van der Waals surface area contributed by atoms with Crippen LogP contribution in [-0.2, 0) is 4.79 Å². The summed E-state index contributed by atoms with van der Waals surface area (Å²) in [5, 5.41) is 0. The molecule has 0 aromatic heterocycles. The van der Waals surface area contributed by atoms with Gasteiger partial charge in [0.1, 0.15) is 11.6 Å². The van der Waals surface area contributed by atoms with Gasteiger partial charge >= 0.3 is 0 Å². The third-order valence-corrected chi connectivity index (χ3v) is 4.43. The Bertz CT molecular complexity index is 725. The van der Waals surface area contributed by atoms with E-state index in [4.69, 9.17) is 4.74 Å². The molecule has 2 aromatic carbocycles. The van der Waals surface area contributed by atoms with E-state index in [1.54, 1.807) is 6.92 Å². The van der Waals surface area contributed by atoms with Gasteiger partial charge in [-0.25, -0.2) is 4.39 Å². The maximum absolute atomic E-state index is 12.9. The maximum atomic E-state index is 12.9. The molecule has 0 aliphatic carbocycles. The molecular formula is C20H23FN2O2. The van der Waals surface area contributed by atoms with Gasteiger partial charge in [0.15, 0.2) is 6.10 Å². The molecule has 0 radical (unpaired) electrons. The molecule has 0 bridgehead atoms. The third kappa shape index (κ3) is 4.29. The van der Waals surface area contributed by atoms with E-state index in [-0.39, 0.29) is 11.7 Å². The summed E-state index contributed by atoms with van der Waals surface area (Å²) in [6, 6.07) is 14.1. The fourth-order valence-corrected chi connectivity index (χ4v) is 3.03. The standard InChI is InChI=1S/C20H23FN2O2/c1-15-4-3-5-18(14-15)22-10-12-23(13-11-22)20(24)16(2)25-19-8-6-17(21)7-9-19/h3-9,14,16H,10-13H2,1-2H3/t16-/m1/s1. The van der Waals surface area contributed by atoms with Gasteiger partial charge in [0.05, 0.1) is 0 Å². The fourth-order valence-electron chi connectivity index (χ4n) is 3.03. The predicted octanol–water partition coefficient (Wildman–Crippen LogP) is 3.25. The van der Waals surface area contributed by atoms with Crippen molar-refractivity contribution in [2.24, 2.45) is 0 Å². The zero-order chi connectivity index (χ0) is 17.8. The number of rotatable bonds is 4. The number of nitrogens with zero attached hydrogens (tertiary/aromatic N) is 2. The van der Waals surface area contributed by atoms with Crippen LogP contribution in [0.1, 0.15) is 12.5 Å². The molecule has 2 aromatic rings. The van der Waals surface area contributed by atoms with Gasteiger partial charge < -0.3 is 14.5 Å². The van der Waals surface area contributed by atoms with Crippen molar-refractivity contribution in [3.8, 4) is 5.75 Å². The zero-order valence-electron chi connectivity index (χ0n) is 14.6. The molecule has 0 N–H and O–H groups in total. The van der Waals surface area contributed by atoms with Crippen LogP contribution in [0, 0.1) is 12.7 Å². The highest BCUT2D eigenvalue weighted by molar-refractivity contribution is 5.81. The van der Waals surface area contributed by atoms with E-state index >= 15 is 0 Å². The van der Waals surface area contributed by atoms with Crippen molar-refractivity contribution in [1.29, 1.82) is 0 Å². The molecule has 5 heteroatoms. The van der Waals surface area contributed by atoms with Crippen LogP contribution in [-0.4, -0.2) is 43.1 Å². The van der Waals surface area contributed by atoms with Crippen LogP contribution >= 0.6 is 0 Å². The van der Waals surface area contributed by atoms with Gasteiger partial charge in [-0.1, -0.05) is 12.1 Å². The largest absolute Gasteiger partial charge is 0.481 e. The van der Waals surface area contributed by atoms with Crippen LogP contribution in [0.15, 0.2) is 48.5 Å². The molecule has 1 amide bonds. The lowest BCUT2D eigenvalue weighted by Crippen LogP contribution is -2.52. The Balaban J connectivity index is 1.54. The molecular weight excluding hydrogens is 319 g/mol. The average Bonchev–Trinajstić information content (AvgIpc) is 2.63. The minimum atomic E-state index is -0.587. The third-order valence-electron chi connectivity index (χ3n) is 4.43.